The average molecular weight is 238 g/mol. The minimum Gasteiger partial charge on any atom is -0.382 e. The van der Waals surface area contributed by atoms with Gasteiger partial charge in [0.2, 0.25) is 0 Å². The zero-order valence-corrected chi connectivity index (χ0v) is 10.4. The van der Waals surface area contributed by atoms with Gasteiger partial charge in [-0.15, -0.1) is 0 Å². The third-order valence-corrected chi connectivity index (χ3v) is 3.34. The second-order valence-electron chi connectivity index (χ2n) is 4.46. The van der Waals surface area contributed by atoms with Crippen molar-refractivity contribution in [2.45, 2.75) is 32.4 Å². The van der Waals surface area contributed by atoms with Gasteiger partial charge in [0.05, 0.1) is 12.1 Å². The van der Waals surface area contributed by atoms with Crippen molar-refractivity contribution in [3.05, 3.63) is 11.3 Å². The normalized spacial score (nSPS) is 23.9. The van der Waals surface area contributed by atoms with Gasteiger partial charge in [0, 0.05) is 19.3 Å². The van der Waals surface area contributed by atoms with E-state index in [0.29, 0.717) is 17.9 Å². The molecule has 2 rings (SSSR count). The molecule has 6 heteroatoms. The van der Waals surface area contributed by atoms with Crippen LogP contribution in [-0.2, 0) is 4.74 Å². The second-order valence-corrected chi connectivity index (χ2v) is 4.46. The molecule has 17 heavy (non-hydrogen) atoms. The van der Waals surface area contributed by atoms with E-state index in [1.54, 1.807) is 18.9 Å². The van der Waals surface area contributed by atoms with E-state index in [9.17, 15) is 4.79 Å². The number of carbonyl (C=O) groups is 1. The van der Waals surface area contributed by atoms with Gasteiger partial charge < -0.3 is 15.4 Å². The molecular weight excluding hydrogens is 220 g/mol. The molecule has 2 unspecified atom stereocenters. The Hall–Kier alpha value is -1.56. The van der Waals surface area contributed by atoms with Crippen LogP contribution in [-0.4, -0.2) is 46.8 Å². The average Bonchev–Trinajstić information content (AvgIpc) is 2.84. The van der Waals surface area contributed by atoms with Gasteiger partial charge in [0.15, 0.2) is 5.82 Å². The van der Waals surface area contributed by atoms with Gasteiger partial charge >= 0.3 is 0 Å². The first-order valence-corrected chi connectivity index (χ1v) is 5.71. The number of nitrogen functional groups attached to an aromatic ring is 1. The smallest absolute Gasteiger partial charge is 0.259 e. The molecule has 2 atom stereocenters. The van der Waals surface area contributed by atoms with Crippen LogP contribution in [0.1, 0.15) is 29.4 Å². The fourth-order valence-electron chi connectivity index (χ4n) is 2.27. The minimum atomic E-state index is -0.101. The third-order valence-electron chi connectivity index (χ3n) is 3.34. The van der Waals surface area contributed by atoms with Crippen LogP contribution in [0.25, 0.3) is 0 Å². The Kier molecular flexibility index (Phi) is 3.06. The summed E-state index contributed by atoms with van der Waals surface area (Å²) in [5.41, 5.74) is 6.86. The van der Waals surface area contributed by atoms with Crippen molar-refractivity contribution in [2.75, 3.05) is 19.4 Å². The van der Waals surface area contributed by atoms with Crippen molar-refractivity contribution in [1.82, 2.24) is 15.1 Å². The van der Waals surface area contributed by atoms with Crippen LogP contribution < -0.4 is 5.73 Å². The number of nitrogens with one attached hydrogen (secondary N) is 1. The van der Waals surface area contributed by atoms with Crippen molar-refractivity contribution in [2.24, 2.45) is 0 Å². The van der Waals surface area contributed by atoms with Gasteiger partial charge in [0.25, 0.3) is 5.91 Å². The molecular formula is C11H18N4O2. The van der Waals surface area contributed by atoms with Crippen LogP contribution in [0, 0.1) is 6.92 Å². The highest BCUT2D eigenvalue weighted by atomic mass is 16.5. The number of hydrogen-bond acceptors (Lipinski definition) is 4. The highest BCUT2D eigenvalue weighted by Gasteiger charge is 2.32. The number of anilines is 1. The van der Waals surface area contributed by atoms with Crippen LogP contribution in [0.15, 0.2) is 0 Å². The van der Waals surface area contributed by atoms with Gasteiger partial charge in [0.1, 0.15) is 5.56 Å². The number of hydrogen-bond donors (Lipinski definition) is 2. The van der Waals surface area contributed by atoms with Crippen molar-refractivity contribution < 1.29 is 9.53 Å². The predicted octanol–water partition coefficient (Wildman–Crippen LogP) is 0.550. The summed E-state index contributed by atoms with van der Waals surface area (Å²) < 4.78 is 5.47. The van der Waals surface area contributed by atoms with E-state index in [0.717, 1.165) is 6.42 Å². The molecule has 1 aliphatic rings. The maximum atomic E-state index is 12.3. The number of H-pyrrole nitrogens is 1. The van der Waals surface area contributed by atoms with Crippen molar-refractivity contribution in [3.63, 3.8) is 0 Å². The van der Waals surface area contributed by atoms with Crippen molar-refractivity contribution >= 4 is 11.7 Å². The van der Waals surface area contributed by atoms with Gasteiger partial charge in [-0.2, -0.15) is 5.10 Å². The first kappa shape index (κ1) is 11.9. The van der Waals surface area contributed by atoms with E-state index in [1.165, 1.54) is 0 Å². The number of ether oxygens (including phenoxy) is 1. The molecule has 0 bridgehead atoms. The van der Waals surface area contributed by atoms with Crippen molar-refractivity contribution in [1.29, 1.82) is 0 Å². The van der Waals surface area contributed by atoms with Crippen LogP contribution in [0.3, 0.4) is 0 Å². The lowest BCUT2D eigenvalue weighted by atomic mass is 10.1. The molecule has 0 aromatic carbocycles. The van der Waals surface area contributed by atoms with E-state index in [2.05, 4.69) is 10.2 Å². The molecule has 3 N–H and O–H groups in total. The van der Waals surface area contributed by atoms with E-state index in [-0.39, 0.29) is 23.9 Å². The summed E-state index contributed by atoms with van der Waals surface area (Å²) in [4.78, 5) is 14.0. The lowest BCUT2D eigenvalue weighted by Gasteiger charge is -2.26. The number of aryl methyl sites for hydroxylation is 1. The molecule has 1 aliphatic heterocycles. The minimum absolute atomic E-state index is 0.0670. The van der Waals surface area contributed by atoms with Crippen LogP contribution in [0.2, 0.25) is 0 Å². The maximum Gasteiger partial charge on any atom is 0.259 e. The largest absolute Gasteiger partial charge is 0.382 e. The Morgan fingerprint density at radius 2 is 2.35 bits per heavy atom. The molecule has 0 saturated carbocycles. The summed E-state index contributed by atoms with van der Waals surface area (Å²) in [6, 6.07) is 0.108. The van der Waals surface area contributed by atoms with E-state index >= 15 is 0 Å². The topological polar surface area (TPSA) is 84.2 Å². The monoisotopic (exact) mass is 238 g/mol. The first-order chi connectivity index (χ1) is 8.02. The molecule has 94 valence electrons. The zero-order chi connectivity index (χ0) is 12.6. The second kappa shape index (κ2) is 4.37. The predicted molar refractivity (Wildman–Crippen MR) is 63.6 cm³/mol. The highest BCUT2D eigenvalue weighted by Crippen LogP contribution is 2.22. The van der Waals surface area contributed by atoms with E-state index < -0.39 is 0 Å². The molecule has 1 fully saturated rings. The Morgan fingerprint density at radius 1 is 1.65 bits per heavy atom. The highest BCUT2D eigenvalue weighted by molar-refractivity contribution is 5.99. The van der Waals surface area contributed by atoms with Crippen LogP contribution >= 0.6 is 0 Å². The summed E-state index contributed by atoms with van der Waals surface area (Å²) >= 11 is 0. The standard InChI is InChI=1S/C11H18N4O2/c1-6-9(10(12)14-13-6)11(16)15(3)8-4-5-17-7(8)2/h7-8H,4-5H2,1-3H3,(H3,12,13,14). The summed E-state index contributed by atoms with van der Waals surface area (Å²) in [7, 11) is 1.78. The number of aromatic amines is 1. The maximum absolute atomic E-state index is 12.3. The van der Waals surface area contributed by atoms with Gasteiger partial charge in [-0.05, 0) is 20.3 Å². The molecule has 2 heterocycles. The Balaban J connectivity index is 2.20. The number of rotatable bonds is 2. The number of nitrogens with zero attached hydrogens (tertiary/aromatic N) is 2. The molecule has 1 aromatic rings. The number of amides is 1. The SMILES string of the molecule is Cc1[nH]nc(N)c1C(=O)N(C)C1CCOC1C. The summed E-state index contributed by atoms with van der Waals surface area (Å²) in [6.45, 7) is 4.47. The summed E-state index contributed by atoms with van der Waals surface area (Å²) in [5.74, 6) is 0.155. The van der Waals surface area contributed by atoms with E-state index in [4.69, 9.17) is 10.5 Å². The van der Waals surface area contributed by atoms with Gasteiger partial charge in [-0.3, -0.25) is 9.89 Å². The Morgan fingerprint density at radius 3 is 2.82 bits per heavy atom. The Labute approximate surface area is 100 Å². The molecule has 1 saturated heterocycles. The number of nitrogens with two attached hydrogens (primary N) is 1. The Bertz CT molecular complexity index is 410. The first-order valence-electron chi connectivity index (χ1n) is 5.71. The molecule has 0 radical (unpaired) electrons. The molecule has 1 amide bonds. The fourth-order valence-corrected chi connectivity index (χ4v) is 2.27. The van der Waals surface area contributed by atoms with Crippen molar-refractivity contribution in [3.8, 4) is 0 Å². The number of carbonyl (C=O) groups excluding carboxylic acids is 1. The lowest BCUT2D eigenvalue weighted by Crippen LogP contribution is -2.41. The summed E-state index contributed by atoms with van der Waals surface area (Å²) in [6.07, 6.45) is 0.928. The van der Waals surface area contributed by atoms with Gasteiger partial charge in [-0.1, -0.05) is 0 Å². The molecule has 6 nitrogen and oxygen atoms in total. The van der Waals surface area contributed by atoms with E-state index in [1.807, 2.05) is 6.92 Å². The fraction of sp³-hybridized carbons (Fsp3) is 0.636. The zero-order valence-electron chi connectivity index (χ0n) is 10.4. The molecule has 0 spiro atoms. The number of likely N-dealkylation sites (N-methyl/N-ethyl adjacent to an activating group) is 1. The molecule has 0 aliphatic carbocycles. The van der Waals surface area contributed by atoms with Gasteiger partial charge in [-0.25, -0.2) is 0 Å². The third kappa shape index (κ3) is 2.00. The van der Waals surface area contributed by atoms with Crippen LogP contribution in [0.4, 0.5) is 5.82 Å². The number of aromatic nitrogens is 2. The molecule has 1 aromatic heterocycles. The van der Waals surface area contributed by atoms with Crippen LogP contribution in [0.5, 0.6) is 0 Å². The summed E-state index contributed by atoms with van der Waals surface area (Å²) in [5, 5.41) is 6.56. The quantitative estimate of drug-likeness (QED) is 0.788. The lowest BCUT2D eigenvalue weighted by molar-refractivity contribution is 0.0575.